The average Bonchev–Trinajstić information content (AvgIpc) is 2.34. The van der Waals surface area contributed by atoms with Crippen molar-refractivity contribution in [2.24, 2.45) is 11.5 Å². The summed E-state index contributed by atoms with van der Waals surface area (Å²) in [4.78, 5) is 0. The van der Waals surface area contributed by atoms with Crippen molar-refractivity contribution in [3.05, 3.63) is 53.8 Å². The summed E-state index contributed by atoms with van der Waals surface area (Å²) in [6.45, 7) is 0.698. The van der Waals surface area contributed by atoms with Crippen molar-refractivity contribution in [2.75, 3.05) is 12.3 Å². The molecule has 0 radical (unpaired) electrons. The van der Waals surface area contributed by atoms with Gasteiger partial charge < -0.3 is 17.2 Å². The molecule has 0 bridgehead atoms. The van der Waals surface area contributed by atoms with E-state index in [9.17, 15) is 0 Å². The second-order valence-corrected chi connectivity index (χ2v) is 3.99. The molecule has 0 atom stereocenters. The Bertz CT molecular complexity index is 377. The molecule has 0 aromatic heterocycles. The highest BCUT2D eigenvalue weighted by molar-refractivity contribution is 5.39. The standard InChI is InChI=1S/C8H12N2.C6H9N/c9-6-5-7-1-3-8(10)4-2-7;7-6-4-2-1-3-5-6/h1-4H,5-6,9-10H2;1-2,4H,3,5,7H2. The van der Waals surface area contributed by atoms with Crippen LogP contribution in [0.25, 0.3) is 0 Å². The predicted octanol–water partition coefficient (Wildman–Crippen LogP) is 1.95. The van der Waals surface area contributed by atoms with Gasteiger partial charge in [0.2, 0.25) is 0 Å². The van der Waals surface area contributed by atoms with Gasteiger partial charge in [-0.15, -0.1) is 0 Å². The second kappa shape index (κ2) is 7.52. The highest BCUT2D eigenvalue weighted by Crippen LogP contribution is 2.05. The van der Waals surface area contributed by atoms with Gasteiger partial charge in [-0.2, -0.15) is 0 Å². The first-order chi connectivity index (χ1) is 8.22. The zero-order valence-corrected chi connectivity index (χ0v) is 10.1. The lowest BCUT2D eigenvalue weighted by atomic mass is 10.1. The molecule has 6 N–H and O–H groups in total. The van der Waals surface area contributed by atoms with Crippen molar-refractivity contribution in [1.82, 2.24) is 0 Å². The van der Waals surface area contributed by atoms with Crippen LogP contribution in [0.1, 0.15) is 18.4 Å². The zero-order valence-electron chi connectivity index (χ0n) is 10.1. The van der Waals surface area contributed by atoms with Crippen LogP contribution in [-0.4, -0.2) is 6.54 Å². The van der Waals surface area contributed by atoms with Crippen LogP contribution < -0.4 is 17.2 Å². The van der Waals surface area contributed by atoms with Crippen LogP contribution in [0, 0.1) is 0 Å². The molecule has 0 heterocycles. The van der Waals surface area contributed by atoms with E-state index in [0.29, 0.717) is 6.54 Å². The maximum absolute atomic E-state index is 5.49. The van der Waals surface area contributed by atoms with Gasteiger partial charge in [-0.1, -0.05) is 24.3 Å². The van der Waals surface area contributed by atoms with E-state index < -0.39 is 0 Å². The maximum atomic E-state index is 5.49. The molecule has 1 aromatic carbocycles. The SMILES string of the molecule is NC1=CC=CCC1.NCCc1ccc(N)cc1. The van der Waals surface area contributed by atoms with Crippen molar-refractivity contribution >= 4 is 5.69 Å². The largest absolute Gasteiger partial charge is 0.402 e. The number of nitrogens with two attached hydrogens (primary N) is 3. The number of allylic oxidation sites excluding steroid dienone is 4. The summed E-state index contributed by atoms with van der Waals surface area (Å²) in [6, 6.07) is 7.79. The van der Waals surface area contributed by atoms with Gasteiger partial charge in [0.05, 0.1) is 0 Å². The summed E-state index contributed by atoms with van der Waals surface area (Å²) in [5.41, 5.74) is 19.4. The van der Waals surface area contributed by atoms with E-state index in [-0.39, 0.29) is 0 Å². The van der Waals surface area contributed by atoms with Crippen LogP contribution in [0.4, 0.5) is 5.69 Å². The fourth-order valence-electron chi connectivity index (χ4n) is 1.47. The molecule has 0 unspecified atom stereocenters. The summed E-state index contributed by atoms with van der Waals surface area (Å²) >= 11 is 0. The van der Waals surface area contributed by atoms with Gasteiger partial charge in [0.1, 0.15) is 0 Å². The minimum absolute atomic E-state index is 0.698. The van der Waals surface area contributed by atoms with Gasteiger partial charge in [-0.25, -0.2) is 0 Å². The summed E-state index contributed by atoms with van der Waals surface area (Å²) in [6.07, 6.45) is 9.15. The lowest BCUT2D eigenvalue weighted by Gasteiger charge is -1.99. The third-order valence-electron chi connectivity index (χ3n) is 2.46. The van der Waals surface area contributed by atoms with Gasteiger partial charge in [-0.05, 0) is 49.6 Å². The molecule has 0 saturated carbocycles. The molecule has 0 amide bonds. The van der Waals surface area contributed by atoms with Gasteiger partial charge in [-0.3, -0.25) is 0 Å². The summed E-state index contributed by atoms with van der Waals surface area (Å²) < 4.78 is 0. The van der Waals surface area contributed by atoms with E-state index in [1.54, 1.807) is 0 Å². The molecule has 0 aliphatic heterocycles. The first kappa shape index (κ1) is 13.3. The summed E-state index contributed by atoms with van der Waals surface area (Å²) in [7, 11) is 0. The summed E-state index contributed by atoms with van der Waals surface area (Å²) in [5.74, 6) is 0. The lowest BCUT2D eigenvalue weighted by molar-refractivity contribution is 0.944. The third-order valence-corrected chi connectivity index (χ3v) is 2.46. The summed E-state index contributed by atoms with van der Waals surface area (Å²) in [5, 5.41) is 0. The van der Waals surface area contributed by atoms with Gasteiger partial charge >= 0.3 is 0 Å². The Labute approximate surface area is 103 Å². The molecule has 0 spiro atoms. The Morgan fingerprint density at radius 1 is 1.06 bits per heavy atom. The number of anilines is 1. The number of hydrogen-bond donors (Lipinski definition) is 3. The number of rotatable bonds is 2. The molecule has 3 heteroatoms. The minimum atomic E-state index is 0.698. The predicted molar refractivity (Wildman–Crippen MR) is 74.3 cm³/mol. The number of hydrogen-bond acceptors (Lipinski definition) is 3. The normalized spacial score (nSPS) is 13.6. The fraction of sp³-hybridized carbons (Fsp3) is 0.286. The highest BCUT2D eigenvalue weighted by Gasteiger charge is 1.89. The molecule has 1 aromatic rings. The van der Waals surface area contributed by atoms with Crippen LogP contribution >= 0.6 is 0 Å². The first-order valence-corrected chi connectivity index (χ1v) is 5.88. The third kappa shape index (κ3) is 5.78. The van der Waals surface area contributed by atoms with Gasteiger partial charge in [0, 0.05) is 11.4 Å². The average molecular weight is 231 g/mol. The van der Waals surface area contributed by atoms with Crippen molar-refractivity contribution in [3.8, 4) is 0 Å². The van der Waals surface area contributed by atoms with E-state index in [2.05, 4.69) is 6.08 Å². The Morgan fingerprint density at radius 2 is 1.76 bits per heavy atom. The van der Waals surface area contributed by atoms with Crippen LogP contribution in [0.5, 0.6) is 0 Å². The molecule has 3 nitrogen and oxygen atoms in total. The fourth-order valence-corrected chi connectivity index (χ4v) is 1.47. The zero-order chi connectivity index (χ0) is 12.5. The van der Waals surface area contributed by atoms with Gasteiger partial charge in [0.15, 0.2) is 0 Å². The molecule has 17 heavy (non-hydrogen) atoms. The molecule has 1 aliphatic rings. The van der Waals surface area contributed by atoms with Crippen LogP contribution in [0.2, 0.25) is 0 Å². The lowest BCUT2D eigenvalue weighted by Crippen LogP contribution is -2.02. The van der Waals surface area contributed by atoms with E-state index >= 15 is 0 Å². The van der Waals surface area contributed by atoms with E-state index in [0.717, 1.165) is 30.6 Å². The minimum Gasteiger partial charge on any atom is -0.402 e. The number of benzene rings is 1. The Morgan fingerprint density at radius 3 is 2.18 bits per heavy atom. The molecular weight excluding hydrogens is 210 g/mol. The molecule has 1 aliphatic carbocycles. The Kier molecular flexibility index (Phi) is 5.89. The van der Waals surface area contributed by atoms with Crippen LogP contribution in [-0.2, 0) is 6.42 Å². The maximum Gasteiger partial charge on any atom is 0.0314 e. The highest BCUT2D eigenvalue weighted by atomic mass is 14.6. The second-order valence-electron chi connectivity index (χ2n) is 3.99. The molecular formula is C14H21N3. The van der Waals surface area contributed by atoms with Crippen molar-refractivity contribution in [2.45, 2.75) is 19.3 Å². The van der Waals surface area contributed by atoms with Gasteiger partial charge in [0.25, 0.3) is 0 Å². The van der Waals surface area contributed by atoms with E-state index in [4.69, 9.17) is 17.2 Å². The number of nitrogen functional groups attached to an aromatic ring is 1. The molecule has 2 rings (SSSR count). The van der Waals surface area contributed by atoms with Crippen LogP contribution in [0.15, 0.2) is 48.2 Å². The monoisotopic (exact) mass is 231 g/mol. The first-order valence-electron chi connectivity index (χ1n) is 5.88. The Hall–Kier alpha value is -1.74. The molecule has 0 saturated heterocycles. The van der Waals surface area contributed by atoms with Crippen molar-refractivity contribution in [1.29, 1.82) is 0 Å². The quantitative estimate of drug-likeness (QED) is 0.681. The van der Waals surface area contributed by atoms with Crippen molar-refractivity contribution in [3.63, 3.8) is 0 Å². The topological polar surface area (TPSA) is 78.1 Å². The molecule has 0 fully saturated rings. The van der Waals surface area contributed by atoms with E-state index in [1.165, 1.54) is 5.56 Å². The Balaban J connectivity index is 0.000000181. The molecule has 92 valence electrons. The van der Waals surface area contributed by atoms with Crippen LogP contribution in [0.3, 0.4) is 0 Å². The van der Waals surface area contributed by atoms with E-state index in [1.807, 2.05) is 36.4 Å². The van der Waals surface area contributed by atoms with Crippen molar-refractivity contribution < 1.29 is 0 Å². The smallest absolute Gasteiger partial charge is 0.0314 e.